The summed E-state index contributed by atoms with van der Waals surface area (Å²) in [4.78, 5) is 13.7. The third kappa shape index (κ3) is 2.43. The predicted molar refractivity (Wildman–Crippen MR) is 97.4 cm³/mol. The van der Waals surface area contributed by atoms with Crippen molar-refractivity contribution >= 4 is 27.3 Å². The topological polar surface area (TPSA) is 57.7 Å². The molecule has 25 heavy (non-hydrogen) atoms. The quantitative estimate of drug-likeness (QED) is 0.831. The molecule has 2 aliphatic heterocycles. The Morgan fingerprint density at radius 2 is 1.84 bits per heavy atom. The lowest BCUT2D eigenvalue weighted by molar-refractivity contribution is -0.116. The van der Waals surface area contributed by atoms with Crippen LogP contribution in [0.25, 0.3) is 0 Å². The van der Waals surface area contributed by atoms with Gasteiger partial charge in [-0.25, -0.2) is 8.42 Å². The van der Waals surface area contributed by atoms with Gasteiger partial charge in [0.2, 0.25) is 5.91 Å². The Balaban J connectivity index is 1.76. The highest BCUT2D eigenvalue weighted by Crippen LogP contribution is 2.38. The molecule has 4 rings (SSSR count). The molecule has 0 saturated carbocycles. The van der Waals surface area contributed by atoms with E-state index in [-0.39, 0.29) is 11.9 Å². The average Bonchev–Trinajstić information content (AvgIpc) is 3.14. The summed E-state index contributed by atoms with van der Waals surface area (Å²) in [6.45, 7) is 4.07. The number of hydrogen-bond donors (Lipinski definition) is 0. The number of nitrogens with zero attached hydrogens (tertiary/aromatic N) is 2. The summed E-state index contributed by atoms with van der Waals surface area (Å²) in [5, 5.41) is 0. The summed E-state index contributed by atoms with van der Waals surface area (Å²) in [5.74, 6) is -0.0172. The highest BCUT2D eigenvalue weighted by molar-refractivity contribution is 7.92. The van der Waals surface area contributed by atoms with Crippen molar-refractivity contribution in [2.24, 2.45) is 0 Å². The monoisotopic (exact) mass is 356 g/mol. The van der Waals surface area contributed by atoms with Gasteiger partial charge in [-0.15, -0.1) is 0 Å². The highest BCUT2D eigenvalue weighted by atomic mass is 32.2. The predicted octanol–water partition coefficient (Wildman–Crippen LogP) is 2.74. The van der Waals surface area contributed by atoms with Gasteiger partial charge in [0, 0.05) is 25.2 Å². The fourth-order valence-electron chi connectivity index (χ4n) is 3.88. The summed E-state index contributed by atoms with van der Waals surface area (Å²) in [6, 6.07) is 12.6. The van der Waals surface area contributed by atoms with E-state index in [9.17, 15) is 13.2 Å². The molecule has 0 aromatic heterocycles. The van der Waals surface area contributed by atoms with E-state index in [0.717, 1.165) is 28.9 Å². The van der Waals surface area contributed by atoms with Crippen molar-refractivity contribution in [1.29, 1.82) is 0 Å². The lowest BCUT2D eigenvalue weighted by Crippen LogP contribution is -2.35. The maximum Gasteiger partial charge on any atom is 0.264 e. The second-order valence-corrected chi connectivity index (χ2v) is 8.51. The molecule has 0 saturated heterocycles. The number of amides is 1. The summed E-state index contributed by atoms with van der Waals surface area (Å²) < 4.78 is 28.1. The summed E-state index contributed by atoms with van der Waals surface area (Å²) in [5.41, 5.74) is 3.56. The van der Waals surface area contributed by atoms with Crippen LogP contribution < -0.4 is 9.21 Å². The number of hydrogen-bond acceptors (Lipinski definition) is 3. The fraction of sp³-hybridized carbons (Fsp3) is 0.316. The molecule has 0 spiro atoms. The van der Waals surface area contributed by atoms with Gasteiger partial charge in [-0.05, 0) is 55.2 Å². The van der Waals surface area contributed by atoms with Crippen LogP contribution in [0.15, 0.2) is 47.4 Å². The molecular formula is C19H20N2O3S. The van der Waals surface area contributed by atoms with E-state index < -0.39 is 10.0 Å². The van der Waals surface area contributed by atoms with E-state index in [2.05, 4.69) is 0 Å². The molecule has 0 fully saturated rings. The van der Waals surface area contributed by atoms with Crippen molar-refractivity contribution in [3.63, 3.8) is 0 Å². The van der Waals surface area contributed by atoms with Gasteiger partial charge < -0.3 is 4.90 Å². The maximum atomic E-state index is 13.3. The van der Waals surface area contributed by atoms with Crippen LogP contribution in [0.4, 0.5) is 11.4 Å². The van der Waals surface area contributed by atoms with Crippen LogP contribution in [0.3, 0.4) is 0 Å². The molecule has 2 heterocycles. The molecule has 2 aliphatic rings. The molecule has 130 valence electrons. The SMILES string of the molecule is CC(=O)N1CCc2cc(S(=O)(=O)N3c4ccccc4C[C@@H]3C)ccc21. The van der Waals surface area contributed by atoms with E-state index in [0.29, 0.717) is 17.9 Å². The van der Waals surface area contributed by atoms with E-state index in [1.54, 1.807) is 23.1 Å². The molecule has 0 aliphatic carbocycles. The average molecular weight is 356 g/mol. The van der Waals surface area contributed by atoms with Crippen molar-refractivity contribution < 1.29 is 13.2 Å². The van der Waals surface area contributed by atoms with Crippen LogP contribution in [0.5, 0.6) is 0 Å². The Bertz CT molecular complexity index is 968. The number of benzene rings is 2. The van der Waals surface area contributed by atoms with Crippen molar-refractivity contribution in [1.82, 2.24) is 0 Å². The molecule has 5 nitrogen and oxygen atoms in total. The van der Waals surface area contributed by atoms with Gasteiger partial charge in [0.1, 0.15) is 0 Å². The van der Waals surface area contributed by atoms with Crippen molar-refractivity contribution in [3.05, 3.63) is 53.6 Å². The normalized spacial score (nSPS) is 19.0. The second-order valence-electron chi connectivity index (χ2n) is 6.69. The Labute approximate surface area is 147 Å². The van der Waals surface area contributed by atoms with E-state index in [4.69, 9.17) is 0 Å². The molecule has 1 amide bonds. The number of anilines is 2. The van der Waals surface area contributed by atoms with Crippen LogP contribution in [-0.4, -0.2) is 26.9 Å². The van der Waals surface area contributed by atoms with Crippen LogP contribution in [-0.2, 0) is 27.7 Å². The molecular weight excluding hydrogens is 336 g/mol. The first-order chi connectivity index (χ1) is 11.9. The van der Waals surface area contributed by atoms with Crippen molar-refractivity contribution in [2.75, 3.05) is 15.7 Å². The third-order valence-corrected chi connectivity index (χ3v) is 6.95. The molecule has 0 bridgehead atoms. The highest BCUT2D eigenvalue weighted by Gasteiger charge is 2.36. The minimum atomic E-state index is -3.63. The molecule has 0 radical (unpaired) electrons. The number of fused-ring (bicyclic) bond motifs is 2. The van der Waals surface area contributed by atoms with Gasteiger partial charge in [-0.2, -0.15) is 0 Å². The smallest absolute Gasteiger partial charge is 0.264 e. The standard InChI is InChI=1S/C19H20N2O3S/c1-13-11-15-5-3-4-6-19(15)21(13)25(23,24)17-7-8-18-16(12-17)9-10-20(18)14(2)22/h3-8,12-13H,9-11H2,1-2H3/t13-/m0/s1. The van der Waals surface area contributed by atoms with Gasteiger partial charge >= 0.3 is 0 Å². The molecule has 2 aromatic carbocycles. The zero-order valence-electron chi connectivity index (χ0n) is 14.3. The Morgan fingerprint density at radius 3 is 2.60 bits per heavy atom. The van der Waals surface area contributed by atoms with Crippen LogP contribution in [0.1, 0.15) is 25.0 Å². The zero-order valence-corrected chi connectivity index (χ0v) is 15.1. The minimum Gasteiger partial charge on any atom is -0.312 e. The fourth-order valence-corrected chi connectivity index (χ4v) is 5.63. The number of rotatable bonds is 2. The minimum absolute atomic E-state index is 0.0172. The Hall–Kier alpha value is -2.34. The van der Waals surface area contributed by atoms with Crippen LogP contribution in [0.2, 0.25) is 0 Å². The first-order valence-corrected chi connectivity index (χ1v) is 9.87. The van der Waals surface area contributed by atoms with Gasteiger partial charge in [-0.1, -0.05) is 18.2 Å². The lowest BCUT2D eigenvalue weighted by Gasteiger charge is -2.25. The lowest BCUT2D eigenvalue weighted by atomic mass is 10.1. The van der Waals surface area contributed by atoms with Gasteiger partial charge in [0.05, 0.1) is 10.6 Å². The second kappa shape index (κ2) is 5.59. The van der Waals surface area contributed by atoms with Crippen molar-refractivity contribution in [3.8, 4) is 0 Å². The molecule has 1 atom stereocenters. The Kier molecular flexibility index (Phi) is 3.61. The first kappa shape index (κ1) is 16.1. The summed E-state index contributed by atoms with van der Waals surface area (Å²) in [6.07, 6.45) is 1.41. The van der Waals surface area contributed by atoms with E-state index in [1.165, 1.54) is 11.2 Å². The molecule has 2 aromatic rings. The number of carbonyl (C=O) groups excluding carboxylic acids is 1. The Morgan fingerprint density at radius 1 is 1.08 bits per heavy atom. The van der Waals surface area contributed by atoms with E-state index >= 15 is 0 Å². The van der Waals surface area contributed by atoms with Gasteiger partial charge in [0.15, 0.2) is 0 Å². The molecule has 6 heteroatoms. The van der Waals surface area contributed by atoms with Gasteiger partial charge in [0.25, 0.3) is 10.0 Å². The zero-order chi connectivity index (χ0) is 17.8. The number of carbonyl (C=O) groups is 1. The van der Waals surface area contributed by atoms with E-state index in [1.807, 2.05) is 31.2 Å². The maximum absolute atomic E-state index is 13.3. The van der Waals surface area contributed by atoms with Crippen LogP contribution >= 0.6 is 0 Å². The van der Waals surface area contributed by atoms with Gasteiger partial charge in [-0.3, -0.25) is 9.10 Å². The number of para-hydroxylation sites is 1. The first-order valence-electron chi connectivity index (χ1n) is 8.43. The van der Waals surface area contributed by atoms with Crippen molar-refractivity contribution in [2.45, 2.75) is 37.6 Å². The van der Waals surface area contributed by atoms with Crippen LogP contribution in [0, 0.1) is 0 Å². The summed E-state index contributed by atoms with van der Waals surface area (Å²) >= 11 is 0. The molecule has 0 N–H and O–H groups in total. The molecule has 0 unspecified atom stereocenters. The largest absolute Gasteiger partial charge is 0.312 e. The summed E-state index contributed by atoms with van der Waals surface area (Å²) in [7, 11) is -3.63. The number of sulfonamides is 1. The third-order valence-electron chi connectivity index (χ3n) is 5.03.